The fourth-order valence-electron chi connectivity index (χ4n) is 6.15. The highest BCUT2D eigenvalue weighted by molar-refractivity contribution is 6.38. The van der Waals surface area contributed by atoms with Gasteiger partial charge in [0.05, 0.1) is 18.3 Å². The Morgan fingerprint density at radius 2 is 1.80 bits per heavy atom. The molecule has 1 saturated heterocycles. The van der Waals surface area contributed by atoms with Crippen molar-refractivity contribution >= 4 is 58.5 Å². The summed E-state index contributed by atoms with van der Waals surface area (Å²) in [5.74, 6) is -2.64. The van der Waals surface area contributed by atoms with E-state index >= 15 is 0 Å². The van der Waals surface area contributed by atoms with E-state index in [0.29, 0.717) is 27.7 Å². The van der Waals surface area contributed by atoms with E-state index in [9.17, 15) is 24.0 Å². The lowest BCUT2D eigenvalue weighted by atomic mass is 9.85. The molecule has 2 fully saturated rings. The minimum absolute atomic E-state index is 0.0290. The predicted molar refractivity (Wildman–Crippen MR) is 188 cm³/mol. The van der Waals surface area contributed by atoms with Crippen LogP contribution < -0.4 is 16.0 Å². The van der Waals surface area contributed by atoms with Crippen LogP contribution in [0.3, 0.4) is 0 Å². The highest BCUT2D eigenvalue weighted by atomic mass is 35.5. The highest BCUT2D eigenvalue weighted by Gasteiger charge is 2.55. The first kappa shape index (κ1) is 37.1. The quantitative estimate of drug-likeness (QED) is 0.262. The molecule has 12 nitrogen and oxygen atoms in total. The number of oxime groups is 1. The van der Waals surface area contributed by atoms with E-state index < -0.39 is 58.7 Å². The molecule has 1 aliphatic carbocycles. The van der Waals surface area contributed by atoms with Gasteiger partial charge in [0, 0.05) is 40.1 Å². The Labute approximate surface area is 301 Å². The summed E-state index contributed by atoms with van der Waals surface area (Å²) >= 11 is 12.5. The molecular formula is C36H43Cl2N5O7. The summed E-state index contributed by atoms with van der Waals surface area (Å²) in [6.07, 6.45) is 1.85. The van der Waals surface area contributed by atoms with Crippen molar-refractivity contribution in [2.75, 3.05) is 6.54 Å². The second kappa shape index (κ2) is 15.4. The molecule has 3 N–H and O–H groups in total. The molecule has 4 amide bonds. The number of carbonyl (C=O) groups excluding carboxylic acids is 5. The molecule has 3 aliphatic rings. The SMILES string of the molecule is CCC[C@H](NC(=O)[C@@H]1C[C@]2(CC(c3cccc(Cl)c3)=NO2)CN1C(=O)[C@@H](NC(=O)OCc1ccccc1Cl)C(C)(C)C)C(=O)C(=O)NC1CC1. The number of carbonyl (C=O) groups is 5. The van der Waals surface area contributed by atoms with Gasteiger partial charge in [-0.25, -0.2) is 4.79 Å². The number of amides is 4. The van der Waals surface area contributed by atoms with Gasteiger partial charge in [-0.2, -0.15) is 0 Å². The highest BCUT2D eigenvalue weighted by Crippen LogP contribution is 2.40. The van der Waals surface area contributed by atoms with Gasteiger partial charge in [0.1, 0.15) is 18.7 Å². The van der Waals surface area contributed by atoms with Crippen LogP contribution in [0.2, 0.25) is 10.0 Å². The van der Waals surface area contributed by atoms with Gasteiger partial charge in [-0.1, -0.05) is 92.8 Å². The number of nitrogens with zero attached hydrogens (tertiary/aromatic N) is 2. The summed E-state index contributed by atoms with van der Waals surface area (Å²) in [4.78, 5) is 74.9. The first-order chi connectivity index (χ1) is 23.7. The molecule has 2 heterocycles. The summed E-state index contributed by atoms with van der Waals surface area (Å²) in [6, 6.07) is 10.7. The predicted octanol–water partition coefficient (Wildman–Crippen LogP) is 4.93. The number of ether oxygens (including phenoxy) is 1. The lowest BCUT2D eigenvalue weighted by Gasteiger charge is -2.35. The molecule has 14 heteroatoms. The number of hydrogen-bond acceptors (Lipinski definition) is 8. The zero-order chi connectivity index (χ0) is 36.2. The van der Waals surface area contributed by atoms with Gasteiger partial charge >= 0.3 is 6.09 Å². The smallest absolute Gasteiger partial charge is 0.408 e. The van der Waals surface area contributed by atoms with Gasteiger partial charge in [-0.05, 0) is 42.9 Å². The van der Waals surface area contributed by atoms with Gasteiger partial charge in [0.15, 0.2) is 5.60 Å². The fraction of sp³-hybridized carbons (Fsp3) is 0.500. The van der Waals surface area contributed by atoms with Crippen molar-refractivity contribution < 1.29 is 33.5 Å². The summed E-state index contributed by atoms with van der Waals surface area (Å²) < 4.78 is 5.43. The number of halogens is 2. The molecule has 2 aliphatic heterocycles. The number of Topliss-reactive ketones (excluding diaryl/α,β-unsaturated/α-hetero) is 1. The molecule has 0 aromatic heterocycles. The molecule has 4 atom stereocenters. The third-order valence-electron chi connectivity index (χ3n) is 9.02. The standard InChI is InChI=1S/C36H43Cl2N5O7/c1-5-9-26(29(44)32(46)39-24-14-15-24)40-31(45)28-18-36(17-27(42-50-36)21-11-8-12-23(37)16-21)20-43(28)33(47)30(35(2,3)4)41-34(48)49-19-22-10-6-7-13-25(22)38/h6-8,10-13,16,24,26,28,30H,5,9,14-15,17-20H2,1-4H3,(H,39,46)(H,40,45)(H,41,48)/t26-,28-,30+,36+/m0/s1. The normalized spacial score (nSPS) is 21.1. The second-order valence-electron chi connectivity index (χ2n) is 14.3. The van der Waals surface area contributed by atoms with Crippen LogP contribution in [0, 0.1) is 5.41 Å². The number of rotatable bonds is 12. The Balaban J connectivity index is 1.38. The average Bonchev–Trinajstić information content (AvgIpc) is 3.66. The van der Waals surface area contributed by atoms with Crippen molar-refractivity contribution in [2.24, 2.45) is 10.6 Å². The molecule has 268 valence electrons. The molecule has 2 aromatic carbocycles. The van der Waals surface area contributed by atoms with Crippen LogP contribution in [0.1, 0.15) is 77.3 Å². The van der Waals surface area contributed by atoms with Crippen LogP contribution in [-0.2, 0) is 35.4 Å². The van der Waals surface area contributed by atoms with E-state index in [2.05, 4.69) is 21.1 Å². The van der Waals surface area contributed by atoms with Crippen molar-refractivity contribution in [3.8, 4) is 0 Å². The van der Waals surface area contributed by atoms with Crippen molar-refractivity contribution in [2.45, 2.75) is 103 Å². The minimum Gasteiger partial charge on any atom is -0.445 e. The van der Waals surface area contributed by atoms with Crippen LogP contribution >= 0.6 is 23.2 Å². The van der Waals surface area contributed by atoms with E-state index in [0.717, 1.165) is 18.4 Å². The maximum Gasteiger partial charge on any atom is 0.408 e. The third kappa shape index (κ3) is 8.95. The zero-order valence-corrected chi connectivity index (χ0v) is 30.1. The number of alkyl carbamates (subject to hydrolysis) is 1. The molecule has 0 radical (unpaired) electrons. The number of likely N-dealkylation sites (tertiary alicyclic amines) is 1. The van der Waals surface area contributed by atoms with Crippen LogP contribution in [0.4, 0.5) is 4.79 Å². The Morgan fingerprint density at radius 3 is 2.46 bits per heavy atom. The van der Waals surface area contributed by atoms with Gasteiger partial charge < -0.3 is 30.4 Å². The monoisotopic (exact) mass is 727 g/mol. The molecule has 1 spiro atoms. The fourth-order valence-corrected chi connectivity index (χ4v) is 6.53. The van der Waals surface area contributed by atoms with Crippen molar-refractivity contribution in [1.29, 1.82) is 0 Å². The molecule has 1 saturated carbocycles. The lowest BCUT2D eigenvalue weighted by Crippen LogP contribution is -2.59. The average molecular weight is 729 g/mol. The second-order valence-corrected chi connectivity index (χ2v) is 15.1. The van der Waals surface area contributed by atoms with Gasteiger partial charge in [0.2, 0.25) is 17.6 Å². The molecule has 0 unspecified atom stereocenters. The van der Waals surface area contributed by atoms with E-state index in [1.807, 2.05) is 13.0 Å². The van der Waals surface area contributed by atoms with E-state index in [4.69, 9.17) is 32.8 Å². The Morgan fingerprint density at radius 1 is 1.06 bits per heavy atom. The van der Waals surface area contributed by atoms with E-state index in [1.165, 1.54) is 4.90 Å². The number of hydrogen-bond donors (Lipinski definition) is 3. The van der Waals surface area contributed by atoms with Gasteiger partial charge in [-0.15, -0.1) is 0 Å². The van der Waals surface area contributed by atoms with Crippen LogP contribution in [0.25, 0.3) is 0 Å². The van der Waals surface area contributed by atoms with Crippen LogP contribution in [0.15, 0.2) is 53.7 Å². The van der Waals surface area contributed by atoms with Gasteiger partial charge in [-0.3, -0.25) is 19.2 Å². The molecule has 5 rings (SSSR count). The topological polar surface area (TPSA) is 156 Å². The molecular weight excluding hydrogens is 685 g/mol. The first-order valence-corrected chi connectivity index (χ1v) is 17.6. The van der Waals surface area contributed by atoms with Crippen molar-refractivity contribution in [3.63, 3.8) is 0 Å². The number of benzene rings is 2. The Kier molecular flexibility index (Phi) is 11.4. The maximum atomic E-state index is 14.5. The Hall–Kier alpha value is -4.16. The van der Waals surface area contributed by atoms with Crippen LogP contribution in [0.5, 0.6) is 0 Å². The lowest BCUT2D eigenvalue weighted by molar-refractivity contribution is -0.144. The minimum atomic E-state index is -1.13. The molecule has 50 heavy (non-hydrogen) atoms. The zero-order valence-electron chi connectivity index (χ0n) is 28.6. The summed E-state index contributed by atoms with van der Waals surface area (Å²) in [5.41, 5.74) is 0.0433. The maximum absolute atomic E-state index is 14.5. The van der Waals surface area contributed by atoms with E-state index in [-0.39, 0.29) is 38.5 Å². The van der Waals surface area contributed by atoms with E-state index in [1.54, 1.807) is 63.2 Å². The first-order valence-electron chi connectivity index (χ1n) is 16.8. The van der Waals surface area contributed by atoms with Crippen molar-refractivity contribution in [1.82, 2.24) is 20.9 Å². The van der Waals surface area contributed by atoms with Crippen molar-refractivity contribution in [3.05, 3.63) is 69.7 Å². The molecule has 0 bridgehead atoms. The molecule has 2 aromatic rings. The Bertz CT molecular complexity index is 1670. The summed E-state index contributed by atoms with van der Waals surface area (Å²) in [6.45, 7) is 7.04. The largest absolute Gasteiger partial charge is 0.445 e. The van der Waals surface area contributed by atoms with Crippen LogP contribution in [-0.4, -0.2) is 76.5 Å². The number of ketones is 1. The summed E-state index contributed by atoms with van der Waals surface area (Å²) in [7, 11) is 0. The third-order valence-corrected chi connectivity index (χ3v) is 9.63. The summed E-state index contributed by atoms with van der Waals surface area (Å²) in [5, 5.41) is 13.4. The van der Waals surface area contributed by atoms with Gasteiger partial charge in [0.25, 0.3) is 5.91 Å². The number of nitrogens with one attached hydrogen (secondary N) is 3.